The Morgan fingerprint density at radius 2 is 0.648 bits per heavy atom. The molecule has 0 heterocycles. The lowest BCUT2D eigenvalue weighted by Gasteiger charge is -2.36. The fraction of sp³-hybridized carbons (Fsp3) is 0.143. The third kappa shape index (κ3) is 6.89. The molecular formula is C70H59N. The highest BCUT2D eigenvalue weighted by Crippen LogP contribution is 2.63. The number of benzene rings is 10. The molecule has 1 heteroatoms. The van der Waals surface area contributed by atoms with Crippen molar-refractivity contribution in [1.82, 2.24) is 0 Å². The monoisotopic (exact) mass is 913 g/mol. The van der Waals surface area contributed by atoms with Gasteiger partial charge in [-0.2, -0.15) is 0 Å². The predicted molar refractivity (Wildman–Crippen MR) is 299 cm³/mol. The molecule has 0 aliphatic heterocycles. The van der Waals surface area contributed by atoms with Crippen molar-refractivity contribution in [3.05, 3.63) is 304 Å². The summed E-state index contributed by atoms with van der Waals surface area (Å²) in [6.45, 7) is 13.8. The van der Waals surface area contributed by atoms with Crippen LogP contribution in [0.4, 0.5) is 17.1 Å². The molecule has 12 rings (SSSR count). The van der Waals surface area contributed by atoms with E-state index in [1.807, 2.05) is 0 Å². The molecule has 10 aromatic rings. The maximum Gasteiger partial charge on any atom is 0.0714 e. The molecule has 2 aliphatic rings. The quantitative estimate of drug-likeness (QED) is 0.147. The lowest BCUT2D eigenvalue weighted by atomic mass is 9.67. The highest BCUT2D eigenvalue weighted by Gasteiger charge is 2.50. The van der Waals surface area contributed by atoms with Crippen molar-refractivity contribution in [2.24, 2.45) is 0 Å². The minimum absolute atomic E-state index is 0.0222. The number of hydrogen-bond acceptors (Lipinski definition) is 1. The molecule has 2 aliphatic carbocycles. The van der Waals surface area contributed by atoms with Gasteiger partial charge in [0.15, 0.2) is 0 Å². The smallest absolute Gasteiger partial charge is 0.0714 e. The van der Waals surface area contributed by atoms with Crippen LogP contribution in [0.2, 0.25) is 0 Å². The first-order valence-corrected chi connectivity index (χ1v) is 25.3. The molecule has 344 valence electrons. The second kappa shape index (κ2) is 16.9. The van der Waals surface area contributed by atoms with Crippen LogP contribution in [0.1, 0.15) is 97.2 Å². The molecule has 0 spiro atoms. The van der Waals surface area contributed by atoms with Crippen molar-refractivity contribution in [3.8, 4) is 33.4 Å². The van der Waals surface area contributed by atoms with Crippen molar-refractivity contribution in [1.29, 1.82) is 0 Å². The standard InChI is InChI=1S/C70H59N/c1-67(2,3)50-39-43-54(44-40-50)69(52-26-12-8-13-27-52)59-33-18-16-31-57(59)65-61(69)35-21-37-63(65)71(56-30-20-25-49(47-56)48-23-10-7-11-24-48)64-38-22-36-62-66(64)58-32-17-19-34-60(58)70(62,53-28-14-9-15-29-53)55-45-41-51(42-46-55)68(4,5)6/h7-47H,1-6H3. The van der Waals surface area contributed by atoms with Crippen LogP contribution >= 0.6 is 0 Å². The van der Waals surface area contributed by atoms with Gasteiger partial charge in [-0.25, -0.2) is 0 Å². The first-order valence-electron chi connectivity index (χ1n) is 25.3. The Morgan fingerprint density at radius 3 is 1.08 bits per heavy atom. The van der Waals surface area contributed by atoms with Gasteiger partial charge in [0.2, 0.25) is 0 Å². The third-order valence-electron chi connectivity index (χ3n) is 15.6. The summed E-state index contributed by atoms with van der Waals surface area (Å²) in [5.74, 6) is 0. The summed E-state index contributed by atoms with van der Waals surface area (Å²) in [6.07, 6.45) is 0. The third-order valence-corrected chi connectivity index (χ3v) is 15.6. The van der Waals surface area contributed by atoms with Crippen LogP contribution < -0.4 is 4.90 Å². The zero-order chi connectivity index (χ0) is 48.5. The Labute approximate surface area is 420 Å². The average molecular weight is 914 g/mol. The van der Waals surface area contributed by atoms with Gasteiger partial charge in [-0.1, -0.05) is 266 Å². The first kappa shape index (κ1) is 44.2. The summed E-state index contributed by atoms with van der Waals surface area (Å²) in [5.41, 5.74) is 22.4. The van der Waals surface area contributed by atoms with Crippen LogP contribution in [-0.2, 0) is 21.7 Å². The summed E-state index contributed by atoms with van der Waals surface area (Å²) in [7, 11) is 0. The molecule has 0 aromatic heterocycles. The van der Waals surface area contributed by atoms with Gasteiger partial charge in [-0.05, 0) is 113 Å². The van der Waals surface area contributed by atoms with Crippen LogP contribution in [0.25, 0.3) is 33.4 Å². The predicted octanol–water partition coefficient (Wildman–Crippen LogP) is 18.1. The van der Waals surface area contributed by atoms with Gasteiger partial charge in [0.05, 0.1) is 22.2 Å². The molecule has 0 saturated carbocycles. The largest absolute Gasteiger partial charge is 0.309 e. The molecular weight excluding hydrogens is 855 g/mol. The van der Waals surface area contributed by atoms with Crippen molar-refractivity contribution >= 4 is 17.1 Å². The molecule has 2 atom stereocenters. The molecule has 0 bridgehead atoms. The summed E-state index contributed by atoms with van der Waals surface area (Å²) in [6, 6.07) is 93.9. The normalized spacial score (nSPS) is 16.7. The SMILES string of the molecule is CC(C)(C)c1ccc(C2(c3ccccc3)c3ccccc3-c3c(N(c4cccc(-c5ccccc5)c4)c4cccc5c4-c4ccccc4C5(c4ccccc4)c4ccc(C(C)(C)C)cc4)cccc32)cc1. The van der Waals surface area contributed by atoms with Gasteiger partial charge >= 0.3 is 0 Å². The number of fused-ring (bicyclic) bond motifs is 6. The number of anilines is 3. The first-order chi connectivity index (χ1) is 34.5. The van der Waals surface area contributed by atoms with E-state index in [9.17, 15) is 0 Å². The molecule has 2 unspecified atom stereocenters. The minimum Gasteiger partial charge on any atom is -0.309 e. The van der Waals surface area contributed by atoms with E-state index < -0.39 is 10.8 Å². The molecule has 1 nitrogen and oxygen atoms in total. The van der Waals surface area contributed by atoms with Crippen molar-refractivity contribution in [3.63, 3.8) is 0 Å². The Morgan fingerprint density at radius 1 is 0.296 bits per heavy atom. The second-order valence-electron chi connectivity index (χ2n) is 21.6. The van der Waals surface area contributed by atoms with Gasteiger partial charge in [0.25, 0.3) is 0 Å². The Bertz CT molecular complexity index is 3380. The maximum absolute atomic E-state index is 2.59. The van der Waals surface area contributed by atoms with E-state index >= 15 is 0 Å². The zero-order valence-corrected chi connectivity index (χ0v) is 41.6. The topological polar surface area (TPSA) is 3.24 Å². The van der Waals surface area contributed by atoms with Crippen molar-refractivity contribution in [2.45, 2.75) is 63.2 Å². The Balaban J connectivity index is 1.18. The van der Waals surface area contributed by atoms with E-state index in [0.29, 0.717) is 0 Å². The van der Waals surface area contributed by atoms with E-state index in [1.54, 1.807) is 0 Å². The Kier molecular flexibility index (Phi) is 10.5. The second-order valence-corrected chi connectivity index (χ2v) is 21.6. The summed E-state index contributed by atoms with van der Waals surface area (Å²) < 4.78 is 0. The number of hydrogen-bond donors (Lipinski definition) is 0. The van der Waals surface area contributed by atoms with Gasteiger partial charge in [0.1, 0.15) is 0 Å². The van der Waals surface area contributed by atoms with E-state index in [2.05, 4.69) is 295 Å². The minimum atomic E-state index is -0.579. The van der Waals surface area contributed by atoms with Crippen LogP contribution in [0, 0.1) is 0 Å². The lowest BCUT2D eigenvalue weighted by molar-refractivity contribution is 0.589. The van der Waals surface area contributed by atoms with E-state index in [4.69, 9.17) is 0 Å². The van der Waals surface area contributed by atoms with Gasteiger partial charge in [0, 0.05) is 16.8 Å². The van der Waals surface area contributed by atoms with Crippen LogP contribution in [-0.4, -0.2) is 0 Å². The van der Waals surface area contributed by atoms with Gasteiger partial charge < -0.3 is 4.90 Å². The lowest BCUT2D eigenvalue weighted by Crippen LogP contribution is -2.29. The van der Waals surface area contributed by atoms with Gasteiger partial charge in [-0.3, -0.25) is 0 Å². The fourth-order valence-electron chi connectivity index (χ4n) is 12.2. The zero-order valence-electron chi connectivity index (χ0n) is 41.6. The van der Waals surface area contributed by atoms with Crippen LogP contribution in [0.5, 0.6) is 0 Å². The fourth-order valence-corrected chi connectivity index (χ4v) is 12.2. The summed E-state index contributed by atoms with van der Waals surface area (Å²) >= 11 is 0. The van der Waals surface area contributed by atoms with E-state index in [-0.39, 0.29) is 10.8 Å². The number of nitrogens with zero attached hydrogens (tertiary/aromatic N) is 1. The molecule has 0 saturated heterocycles. The maximum atomic E-state index is 2.59. The molecule has 0 fully saturated rings. The molecule has 10 aromatic carbocycles. The van der Waals surface area contributed by atoms with Crippen LogP contribution in [0.3, 0.4) is 0 Å². The van der Waals surface area contributed by atoms with E-state index in [0.717, 1.165) is 17.1 Å². The Hall–Kier alpha value is -8.00. The molecule has 0 N–H and O–H groups in total. The highest BCUT2D eigenvalue weighted by atomic mass is 15.1. The summed E-state index contributed by atoms with van der Waals surface area (Å²) in [5, 5.41) is 0. The average Bonchev–Trinajstić information content (AvgIpc) is 3.89. The van der Waals surface area contributed by atoms with Crippen molar-refractivity contribution < 1.29 is 0 Å². The number of rotatable bonds is 8. The highest BCUT2D eigenvalue weighted by molar-refractivity contribution is 6.02. The van der Waals surface area contributed by atoms with E-state index in [1.165, 1.54) is 89.0 Å². The van der Waals surface area contributed by atoms with Crippen LogP contribution in [0.15, 0.2) is 249 Å². The van der Waals surface area contributed by atoms with Gasteiger partial charge in [-0.15, -0.1) is 0 Å². The molecule has 0 amide bonds. The molecule has 71 heavy (non-hydrogen) atoms. The summed E-state index contributed by atoms with van der Waals surface area (Å²) in [4.78, 5) is 2.59. The molecule has 0 radical (unpaired) electrons. The van der Waals surface area contributed by atoms with Crippen molar-refractivity contribution in [2.75, 3.05) is 4.90 Å².